The number of halogens is 4. The number of piperazine rings is 2. The van der Waals surface area contributed by atoms with Crippen molar-refractivity contribution in [2.75, 3.05) is 31.9 Å². The number of sulfonamides is 2. The Hall–Kier alpha value is -5.63. The number of anilines is 1. The Bertz CT molecular complexity index is 3230. The maximum Gasteiger partial charge on any atom is 0.269 e. The molecule has 8 rings (SSSR count). The summed E-state index contributed by atoms with van der Waals surface area (Å²) < 4.78 is 64.8. The molecule has 4 aromatic rings. The van der Waals surface area contributed by atoms with Crippen LogP contribution in [0.5, 0.6) is 0 Å². The van der Waals surface area contributed by atoms with E-state index in [4.69, 9.17) is 63.6 Å². The highest BCUT2D eigenvalue weighted by Gasteiger charge is 2.74. The van der Waals surface area contributed by atoms with Crippen molar-refractivity contribution in [1.82, 2.24) is 28.2 Å². The molecule has 74 heavy (non-hydrogen) atoms. The van der Waals surface area contributed by atoms with E-state index in [1.807, 2.05) is 0 Å². The first kappa shape index (κ1) is 54.6. The van der Waals surface area contributed by atoms with Gasteiger partial charge in [0.1, 0.15) is 27.5 Å². The second kappa shape index (κ2) is 19.8. The molecule has 4 heterocycles. The topological polar surface area (TPSA) is 294 Å². The van der Waals surface area contributed by atoms with E-state index in [0.717, 1.165) is 50.5 Å². The van der Waals surface area contributed by atoms with E-state index in [9.17, 15) is 14.9 Å². The molecule has 4 aliphatic heterocycles. The Balaban J connectivity index is 1.50. The lowest BCUT2D eigenvalue weighted by atomic mass is 9.77. The summed E-state index contributed by atoms with van der Waals surface area (Å²) >= 11 is 25.9. The minimum Gasteiger partial charge on any atom is -0.399 e. The quantitative estimate of drug-likeness (QED) is 0.0979. The number of nitrogens with two attached hydrogens (primary N) is 3. The summed E-state index contributed by atoms with van der Waals surface area (Å²) in [5, 5.41) is 10.9. The number of nitrogens with zero attached hydrogens (tertiary/aromatic N) is 7. The zero-order chi connectivity index (χ0) is 54.3. The Labute approximate surface area is 446 Å². The van der Waals surface area contributed by atoms with E-state index in [-0.39, 0.29) is 21.3 Å². The Morgan fingerprint density at radius 1 is 0.676 bits per heavy atom. The molecular weight excluding hydrogens is 1090 g/mol. The molecule has 394 valence electrons. The molecule has 4 fully saturated rings. The number of benzene rings is 4. The van der Waals surface area contributed by atoms with Crippen LogP contribution in [0.2, 0.25) is 20.1 Å². The average molecular weight is 1140 g/mol. The Kier molecular flexibility index (Phi) is 14.6. The number of nitro groups is 1. The van der Waals surface area contributed by atoms with Crippen LogP contribution >= 0.6 is 46.4 Å². The zero-order valence-electron chi connectivity index (χ0n) is 40.0. The summed E-state index contributed by atoms with van der Waals surface area (Å²) in [6.45, 7) is 2.61. The molecule has 0 aromatic heterocycles. The fraction of sp³-hybridized carbons (Fsp3) is 0.383. The molecule has 27 heteroatoms. The fourth-order valence-corrected chi connectivity index (χ4v) is 15.6. The fourth-order valence-electron chi connectivity index (χ4n) is 10.6. The summed E-state index contributed by atoms with van der Waals surface area (Å²) in [4.78, 5) is 91.2. The first-order chi connectivity index (χ1) is 34.6. The van der Waals surface area contributed by atoms with Crippen molar-refractivity contribution in [1.29, 1.82) is 0 Å². The Morgan fingerprint density at radius 2 is 1.14 bits per heavy atom. The highest BCUT2D eigenvalue weighted by Crippen LogP contribution is 2.51. The van der Waals surface area contributed by atoms with E-state index in [1.54, 1.807) is 39.8 Å². The van der Waals surface area contributed by atoms with Crippen LogP contribution in [0, 0.1) is 16.0 Å². The van der Waals surface area contributed by atoms with Gasteiger partial charge < -0.3 is 36.8 Å². The highest BCUT2D eigenvalue weighted by molar-refractivity contribution is 7.89. The molecular formula is C47H50Cl4N10O11S2. The standard InChI is InChI=1S/C47H50Cl4N10O11S2/c1-25(2)55-23-46(58(74(71,72)40-16-10-30(49)20-35(40)51)22-36(53)42(63)60(46)38(44(55)65)18-28-7-13-32(14-8-28)61(67)68)33-21-57(73(69,70)39-15-9-29(48)19-34(39)50)47(45(54)66)24-56(26(3)4)43(64)37(59(47)41(33)62)17-27-5-11-31(52)12-6-27/h5-16,19-20,25-26,33,36-38H,17-18,21-24,52-53H2,1-4H3,(H2,54,66). The molecule has 5 amide bonds. The van der Waals surface area contributed by atoms with Gasteiger partial charge in [-0.1, -0.05) is 70.7 Å². The summed E-state index contributed by atoms with van der Waals surface area (Å²) in [5.41, 5.74) is 14.2. The molecule has 6 atom stereocenters. The van der Waals surface area contributed by atoms with Gasteiger partial charge >= 0.3 is 0 Å². The van der Waals surface area contributed by atoms with Gasteiger partial charge in [-0.3, -0.25) is 34.1 Å². The van der Waals surface area contributed by atoms with E-state index in [1.165, 1.54) is 46.2 Å². The summed E-state index contributed by atoms with van der Waals surface area (Å²) in [7, 11) is -10.5. The molecule has 6 N–H and O–H groups in total. The molecule has 0 radical (unpaired) electrons. The number of rotatable bonds is 13. The molecule has 4 saturated heterocycles. The van der Waals surface area contributed by atoms with Gasteiger partial charge in [0.05, 0.1) is 40.0 Å². The van der Waals surface area contributed by atoms with Crippen LogP contribution in [-0.2, 0) is 56.9 Å². The van der Waals surface area contributed by atoms with Crippen LogP contribution in [0.25, 0.3) is 0 Å². The predicted molar refractivity (Wildman–Crippen MR) is 273 cm³/mol. The number of primary amides is 1. The van der Waals surface area contributed by atoms with Crippen LogP contribution in [0.3, 0.4) is 0 Å². The van der Waals surface area contributed by atoms with Crippen LogP contribution in [-0.4, -0.2) is 147 Å². The van der Waals surface area contributed by atoms with Gasteiger partial charge in [0, 0.05) is 65.9 Å². The van der Waals surface area contributed by atoms with E-state index in [2.05, 4.69) is 0 Å². The number of nitro benzene ring substituents is 1. The van der Waals surface area contributed by atoms with E-state index < -0.39 is 161 Å². The number of carbonyl (C=O) groups excluding carboxylic acids is 5. The summed E-state index contributed by atoms with van der Waals surface area (Å²) in [5.74, 6) is -7.45. The average Bonchev–Trinajstić information content (AvgIpc) is 3.31. The predicted octanol–water partition coefficient (Wildman–Crippen LogP) is 3.70. The monoisotopic (exact) mass is 1130 g/mol. The molecule has 0 bridgehead atoms. The number of nitrogen functional groups attached to an aromatic ring is 1. The van der Waals surface area contributed by atoms with E-state index in [0.29, 0.717) is 15.6 Å². The number of hydrogen-bond donors (Lipinski definition) is 3. The molecule has 4 aliphatic rings. The lowest BCUT2D eigenvalue weighted by Crippen LogP contribution is -2.90. The lowest BCUT2D eigenvalue weighted by Gasteiger charge is -2.66. The molecule has 6 unspecified atom stereocenters. The third-order valence-electron chi connectivity index (χ3n) is 14.1. The number of carbonyl (C=O) groups is 5. The smallest absolute Gasteiger partial charge is 0.269 e. The van der Waals surface area contributed by atoms with Gasteiger partial charge in [-0.2, -0.15) is 8.61 Å². The first-order valence-corrected chi connectivity index (χ1v) is 27.4. The van der Waals surface area contributed by atoms with Gasteiger partial charge in [-0.25, -0.2) is 16.8 Å². The molecule has 0 saturated carbocycles. The van der Waals surface area contributed by atoms with Gasteiger partial charge in [0.15, 0.2) is 0 Å². The molecule has 0 aliphatic carbocycles. The van der Waals surface area contributed by atoms with Crippen molar-refractivity contribution in [2.45, 2.75) is 91.9 Å². The third-order valence-corrected chi connectivity index (χ3v) is 19.3. The molecule has 0 spiro atoms. The van der Waals surface area contributed by atoms with Crippen molar-refractivity contribution in [2.24, 2.45) is 17.4 Å². The van der Waals surface area contributed by atoms with Crippen LogP contribution in [0.1, 0.15) is 38.8 Å². The van der Waals surface area contributed by atoms with Crippen molar-refractivity contribution in [3.8, 4) is 0 Å². The van der Waals surface area contributed by atoms with Gasteiger partial charge in [-0.15, -0.1) is 0 Å². The van der Waals surface area contributed by atoms with Crippen molar-refractivity contribution in [3.63, 3.8) is 0 Å². The maximum atomic E-state index is 16.7. The van der Waals surface area contributed by atoms with Crippen LogP contribution in [0.4, 0.5) is 11.4 Å². The zero-order valence-corrected chi connectivity index (χ0v) is 44.6. The summed E-state index contributed by atoms with van der Waals surface area (Å²) in [6.07, 6.45) is -0.858. The maximum absolute atomic E-state index is 16.7. The number of amides is 5. The second-order valence-electron chi connectivity index (χ2n) is 19.1. The second-order valence-corrected chi connectivity index (χ2v) is 24.4. The van der Waals surface area contributed by atoms with Crippen LogP contribution in [0.15, 0.2) is 94.7 Å². The molecule has 4 aromatic carbocycles. The van der Waals surface area contributed by atoms with E-state index >= 15 is 36.0 Å². The van der Waals surface area contributed by atoms with Crippen LogP contribution < -0.4 is 17.2 Å². The molecule has 21 nitrogen and oxygen atoms in total. The minimum atomic E-state index is -5.32. The van der Waals surface area contributed by atoms with Crippen molar-refractivity contribution in [3.05, 3.63) is 126 Å². The number of fused-ring (bicyclic) bond motifs is 2. The SMILES string of the molecule is CC(C)N1CC2(C(N)=O)N(C(=O)C(C34CN(C(C)C)C(=O)C(Cc5ccc([N+](=O)[O-])cc5)N3C(=O)C(N)CN4S(=O)(=O)c3ccc(Cl)cc3Cl)CN2S(=O)(=O)c2ccc(Cl)cc2Cl)C(Cc2ccc(N)cc2)C1=O. The first-order valence-electron chi connectivity index (χ1n) is 23.0. The number of non-ortho nitro benzene ring substituents is 1. The third kappa shape index (κ3) is 8.91. The van der Waals surface area contributed by atoms with Gasteiger partial charge in [0.25, 0.3) is 11.6 Å². The largest absolute Gasteiger partial charge is 0.399 e. The van der Waals surface area contributed by atoms with Gasteiger partial charge in [0.2, 0.25) is 49.3 Å². The lowest BCUT2D eigenvalue weighted by molar-refractivity contribution is -0.384. The summed E-state index contributed by atoms with van der Waals surface area (Å²) in [6, 6.07) is 11.0. The highest BCUT2D eigenvalue weighted by atomic mass is 35.5. The normalized spacial score (nSPS) is 25.2. The minimum absolute atomic E-state index is 0.0118. The van der Waals surface area contributed by atoms with Gasteiger partial charge in [-0.05, 0) is 87.4 Å². The van der Waals surface area contributed by atoms with Crippen molar-refractivity contribution >= 4 is 107 Å². The number of hydrogen-bond acceptors (Lipinski definition) is 13. The van der Waals surface area contributed by atoms with Crippen molar-refractivity contribution < 1.29 is 45.7 Å². The Morgan fingerprint density at radius 3 is 1.59 bits per heavy atom.